The lowest BCUT2D eigenvalue weighted by atomic mass is 10.5. The molecule has 0 aromatic carbocycles. The summed E-state index contributed by atoms with van der Waals surface area (Å²) in [5.41, 5.74) is 0.346. The lowest BCUT2D eigenvalue weighted by molar-refractivity contribution is 0.786. The molecule has 0 fully saturated rings. The normalized spacial score (nSPS) is 11.0. The summed E-state index contributed by atoms with van der Waals surface area (Å²) in [7, 11) is 0. The lowest BCUT2D eigenvalue weighted by Crippen LogP contribution is -2.13. The Bertz CT molecular complexity index is 492. The van der Waals surface area contributed by atoms with Crippen molar-refractivity contribution in [2.75, 3.05) is 0 Å². The van der Waals surface area contributed by atoms with Gasteiger partial charge in [0.1, 0.15) is 0 Å². The van der Waals surface area contributed by atoms with Gasteiger partial charge in [-0.05, 0) is 6.92 Å². The first-order valence-corrected chi connectivity index (χ1v) is 3.24. The van der Waals surface area contributed by atoms with Crippen molar-refractivity contribution in [3.63, 3.8) is 0 Å². The van der Waals surface area contributed by atoms with Crippen LogP contribution in [0.4, 0.5) is 0 Å². The molecule has 0 saturated heterocycles. The Labute approximate surface area is 61.6 Å². The molecule has 0 aliphatic carbocycles. The molecule has 0 spiro atoms. The van der Waals surface area contributed by atoms with E-state index in [1.165, 1.54) is 27.4 Å². The van der Waals surface area contributed by atoms with E-state index in [4.69, 9.17) is 0 Å². The Hall–Kier alpha value is -1.58. The van der Waals surface area contributed by atoms with Gasteiger partial charge in [-0.1, -0.05) is 0 Å². The Morgan fingerprint density at radius 2 is 2.00 bits per heavy atom. The second kappa shape index (κ2) is 1.72. The van der Waals surface area contributed by atoms with Crippen LogP contribution in [0, 0.1) is 6.92 Å². The number of aromatic nitrogens is 2. The molecular weight excluding hydrogens is 144 g/mol. The van der Waals surface area contributed by atoms with E-state index in [9.17, 15) is 9.59 Å². The highest BCUT2D eigenvalue weighted by Crippen LogP contribution is 1.88. The number of hydrogen-bond acceptors (Lipinski definition) is 2. The van der Waals surface area contributed by atoms with Crippen molar-refractivity contribution in [3.8, 4) is 0 Å². The lowest BCUT2D eigenvalue weighted by Gasteiger charge is -1.85. The van der Waals surface area contributed by atoms with Gasteiger partial charge in [0.25, 0.3) is 11.1 Å². The van der Waals surface area contributed by atoms with Gasteiger partial charge in [-0.3, -0.25) is 9.59 Å². The van der Waals surface area contributed by atoms with Crippen LogP contribution >= 0.6 is 0 Å². The van der Waals surface area contributed by atoms with Crippen LogP contribution in [-0.2, 0) is 0 Å². The molecule has 0 N–H and O–H groups in total. The van der Waals surface area contributed by atoms with E-state index in [0.717, 1.165) is 0 Å². The van der Waals surface area contributed by atoms with Crippen LogP contribution in [0.15, 0.2) is 27.9 Å². The van der Waals surface area contributed by atoms with E-state index in [2.05, 4.69) is 0 Å². The summed E-state index contributed by atoms with van der Waals surface area (Å²) < 4.78 is 2.62. The smallest absolute Gasteiger partial charge is 0.267 e. The minimum Gasteiger partial charge on any atom is -0.267 e. The van der Waals surface area contributed by atoms with Crippen LogP contribution in [0.5, 0.6) is 0 Å². The third kappa shape index (κ3) is 0.633. The van der Waals surface area contributed by atoms with Crippen LogP contribution in [0.25, 0.3) is 0 Å². The average molecular weight is 150 g/mol. The summed E-state index contributed by atoms with van der Waals surface area (Å²) in [5, 5.41) is 0. The first-order valence-electron chi connectivity index (χ1n) is 3.24. The van der Waals surface area contributed by atoms with Gasteiger partial charge in [0.15, 0.2) is 0 Å². The first kappa shape index (κ1) is 6.15. The molecule has 2 rings (SSSR count). The molecular formula is C7H6N2O2. The highest BCUT2D eigenvalue weighted by atomic mass is 16.2. The van der Waals surface area contributed by atoms with E-state index in [1.807, 2.05) is 0 Å². The van der Waals surface area contributed by atoms with Gasteiger partial charge in [-0.25, -0.2) is 9.03 Å². The van der Waals surface area contributed by atoms with E-state index in [1.54, 1.807) is 6.92 Å². The molecule has 0 atom stereocenters. The summed E-state index contributed by atoms with van der Waals surface area (Å²) in [6.07, 6.45) is 1.47. The Kier molecular flexibility index (Phi) is 0.961. The molecule has 2 aromatic rings. The predicted molar refractivity (Wildman–Crippen MR) is 39.3 cm³/mol. The second-order valence-electron chi connectivity index (χ2n) is 2.43. The molecule has 0 unspecified atom stereocenters. The summed E-state index contributed by atoms with van der Waals surface area (Å²) >= 11 is 0. The number of nitrogens with zero attached hydrogens (tertiary/aromatic N) is 2. The number of hydrogen-bond donors (Lipinski definition) is 0. The van der Waals surface area contributed by atoms with Crippen molar-refractivity contribution in [1.29, 1.82) is 0 Å². The van der Waals surface area contributed by atoms with E-state index < -0.39 is 0 Å². The zero-order valence-corrected chi connectivity index (χ0v) is 5.94. The fraction of sp³-hybridized carbons (Fsp3) is 0.143. The maximum atomic E-state index is 11.0. The molecule has 0 amide bonds. The molecule has 0 aliphatic heterocycles. The van der Waals surface area contributed by atoms with Crippen LogP contribution in [0.2, 0.25) is 0 Å². The quantitative estimate of drug-likeness (QED) is 0.508. The van der Waals surface area contributed by atoms with Gasteiger partial charge in [0.2, 0.25) is 0 Å². The SMILES string of the molecule is Cc1cc(=O)n2ccc(=O)n12. The fourth-order valence-electron chi connectivity index (χ4n) is 1.20. The number of aryl methyl sites for hydroxylation is 1. The molecule has 0 saturated carbocycles. The Balaban J connectivity index is 3.23. The third-order valence-electron chi connectivity index (χ3n) is 1.67. The summed E-state index contributed by atoms with van der Waals surface area (Å²) in [4.78, 5) is 22.0. The molecule has 2 aromatic heterocycles. The van der Waals surface area contributed by atoms with Crippen LogP contribution < -0.4 is 11.1 Å². The van der Waals surface area contributed by atoms with Crippen molar-refractivity contribution in [1.82, 2.24) is 9.03 Å². The largest absolute Gasteiger partial charge is 0.271 e. The zero-order valence-electron chi connectivity index (χ0n) is 5.94. The zero-order chi connectivity index (χ0) is 8.01. The average Bonchev–Trinajstić information content (AvgIpc) is 2.41. The monoisotopic (exact) mass is 150 g/mol. The first-order chi connectivity index (χ1) is 5.20. The highest BCUT2D eigenvalue weighted by molar-refractivity contribution is 5.04. The maximum Gasteiger partial charge on any atom is 0.271 e. The van der Waals surface area contributed by atoms with E-state index in [-0.39, 0.29) is 11.1 Å². The summed E-state index contributed by atoms with van der Waals surface area (Å²) in [5.74, 6) is 0. The van der Waals surface area contributed by atoms with Crippen molar-refractivity contribution in [2.24, 2.45) is 0 Å². The summed E-state index contributed by atoms with van der Waals surface area (Å²) in [6, 6.07) is 2.80. The molecule has 4 heteroatoms. The Morgan fingerprint density at radius 3 is 2.64 bits per heavy atom. The molecule has 0 bridgehead atoms. The van der Waals surface area contributed by atoms with Gasteiger partial charge in [-0.2, -0.15) is 0 Å². The van der Waals surface area contributed by atoms with Crippen molar-refractivity contribution in [2.45, 2.75) is 6.92 Å². The number of fused-ring (bicyclic) bond motifs is 1. The topological polar surface area (TPSA) is 43.0 Å². The van der Waals surface area contributed by atoms with Crippen molar-refractivity contribution in [3.05, 3.63) is 44.7 Å². The van der Waals surface area contributed by atoms with E-state index in [0.29, 0.717) is 5.69 Å². The molecule has 11 heavy (non-hydrogen) atoms. The fourth-order valence-corrected chi connectivity index (χ4v) is 1.20. The van der Waals surface area contributed by atoms with Gasteiger partial charge >= 0.3 is 0 Å². The predicted octanol–water partition coefficient (Wildman–Crippen LogP) is -0.495. The summed E-state index contributed by atoms with van der Waals surface area (Å²) in [6.45, 7) is 1.72. The van der Waals surface area contributed by atoms with Crippen LogP contribution in [-0.4, -0.2) is 9.03 Å². The van der Waals surface area contributed by atoms with Gasteiger partial charge < -0.3 is 0 Å². The van der Waals surface area contributed by atoms with Gasteiger partial charge in [-0.15, -0.1) is 0 Å². The molecule has 0 radical (unpaired) electrons. The second-order valence-corrected chi connectivity index (χ2v) is 2.43. The van der Waals surface area contributed by atoms with E-state index >= 15 is 0 Å². The molecule has 2 heterocycles. The van der Waals surface area contributed by atoms with Crippen molar-refractivity contribution >= 4 is 0 Å². The maximum absolute atomic E-state index is 11.0. The minimum absolute atomic E-state index is 0.162. The van der Waals surface area contributed by atoms with Crippen LogP contribution in [0.3, 0.4) is 0 Å². The molecule has 0 aliphatic rings. The van der Waals surface area contributed by atoms with Crippen LogP contribution in [0.1, 0.15) is 5.69 Å². The highest BCUT2D eigenvalue weighted by Gasteiger charge is 2.03. The van der Waals surface area contributed by atoms with Crippen molar-refractivity contribution < 1.29 is 0 Å². The number of rotatable bonds is 0. The Morgan fingerprint density at radius 1 is 1.27 bits per heavy atom. The molecule has 56 valence electrons. The van der Waals surface area contributed by atoms with Gasteiger partial charge in [0.05, 0.1) is 0 Å². The third-order valence-corrected chi connectivity index (χ3v) is 1.67. The van der Waals surface area contributed by atoms with Gasteiger partial charge in [0, 0.05) is 24.0 Å². The minimum atomic E-state index is -0.162. The standard InChI is InChI=1S/C7H6N2O2/c1-5-4-7(11)8-3-2-6(10)9(5)8/h2-4H,1H3. The molecule has 4 nitrogen and oxygen atoms in total.